The molecule has 1 aromatic heterocycles. The van der Waals surface area contributed by atoms with Crippen LogP contribution in [0.5, 0.6) is 0 Å². The van der Waals surface area contributed by atoms with Gasteiger partial charge in [0.25, 0.3) is 5.91 Å². The number of guanidine groups is 1. The lowest BCUT2D eigenvalue weighted by Crippen LogP contribution is -2.46. The van der Waals surface area contributed by atoms with Crippen LogP contribution in [0.3, 0.4) is 0 Å². The van der Waals surface area contributed by atoms with Crippen molar-refractivity contribution in [2.24, 2.45) is 16.1 Å². The highest BCUT2D eigenvalue weighted by Crippen LogP contribution is 2.42. The minimum Gasteiger partial charge on any atom is -0.454 e. The number of hydrogen-bond donors (Lipinski definition) is 3. The Morgan fingerprint density at radius 1 is 1.35 bits per heavy atom. The van der Waals surface area contributed by atoms with Crippen molar-refractivity contribution >= 4 is 35.8 Å². The third-order valence-electron chi connectivity index (χ3n) is 4.44. The van der Waals surface area contributed by atoms with E-state index in [4.69, 9.17) is 10.2 Å². The molecule has 0 unspecified atom stereocenters. The summed E-state index contributed by atoms with van der Waals surface area (Å²) in [7, 11) is 0. The number of rotatable bonds is 7. The molecule has 6 nitrogen and oxygen atoms in total. The van der Waals surface area contributed by atoms with Crippen molar-refractivity contribution < 1.29 is 9.21 Å². The third-order valence-corrected chi connectivity index (χ3v) is 4.44. The number of nitrogens with one attached hydrogen (secondary N) is 2. The Hall–Kier alpha value is -1.25. The van der Waals surface area contributed by atoms with E-state index in [0.717, 1.165) is 19.0 Å². The summed E-state index contributed by atoms with van der Waals surface area (Å²) in [5, 5.41) is 6.65. The number of nitrogens with zero attached hydrogens (tertiary/aromatic N) is 1. The lowest BCUT2D eigenvalue weighted by Gasteiger charge is -2.41. The Morgan fingerprint density at radius 2 is 2.09 bits per heavy atom. The first-order chi connectivity index (χ1) is 10.6. The lowest BCUT2D eigenvalue weighted by atomic mass is 9.67. The smallest absolute Gasteiger partial charge is 0.284 e. The number of hydrogen-bond acceptors (Lipinski definition) is 3. The summed E-state index contributed by atoms with van der Waals surface area (Å²) in [5.41, 5.74) is 5.60. The molecule has 1 amide bonds. The maximum atomic E-state index is 11.0. The van der Waals surface area contributed by atoms with Gasteiger partial charge >= 0.3 is 0 Å². The number of furan rings is 1. The summed E-state index contributed by atoms with van der Waals surface area (Å²) in [6.45, 7) is 6.41. The van der Waals surface area contributed by atoms with Crippen molar-refractivity contribution in [3.63, 3.8) is 0 Å². The fourth-order valence-electron chi connectivity index (χ4n) is 2.70. The Labute approximate surface area is 154 Å². The molecule has 1 aromatic rings. The maximum absolute atomic E-state index is 11.0. The average molecular weight is 434 g/mol. The van der Waals surface area contributed by atoms with Gasteiger partial charge in [0.05, 0.1) is 0 Å². The van der Waals surface area contributed by atoms with Gasteiger partial charge in [0, 0.05) is 13.1 Å². The molecule has 0 bridgehead atoms. The normalized spacial score (nSPS) is 16.2. The van der Waals surface area contributed by atoms with Crippen LogP contribution in [0.2, 0.25) is 0 Å². The first-order valence-electron chi connectivity index (χ1n) is 7.99. The molecule has 0 spiro atoms. The van der Waals surface area contributed by atoms with Crippen LogP contribution in [0.25, 0.3) is 0 Å². The van der Waals surface area contributed by atoms with Gasteiger partial charge in [-0.2, -0.15) is 0 Å². The van der Waals surface area contributed by atoms with E-state index in [2.05, 4.69) is 22.5 Å². The van der Waals surface area contributed by atoms with Crippen molar-refractivity contribution in [2.45, 2.75) is 46.1 Å². The van der Waals surface area contributed by atoms with Crippen LogP contribution in [0.1, 0.15) is 55.8 Å². The minimum absolute atomic E-state index is 0. The molecule has 0 saturated heterocycles. The van der Waals surface area contributed by atoms with Crippen LogP contribution in [-0.2, 0) is 6.54 Å². The van der Waals surface area contributed by atoms with Gasteiger partial charge in [0.1, 0.15) is 12.3 Å². The maximum Gasteiger partial charge on any atom is 0.284 e. The molecule has 2 rings (SSSR count). The van der Waals surface area contributed by atoms with E-state index >= 15 is 0 Å². The Bertz CT molecular complexity index is 532. The van der Waals surface area contributed by atoms with Gasteiger partial charge in [-0.3, -0.25) is 4.79 Å². The van der Waals surface area contributed by atoms with Crippen LogP contribution >= 0.6 is 24.0 Å². The monoisotopic (exact) mass is 434 g/mol. The largest absolute Gasteiger partial charge is 0.454 e. The first kappa shape index (κ1) is 19.8. The van der Waals surface area contributed by atoms with Crippen molar-refractivity contribution in [1.29, 1.82) is 0 Å². The SMILES string of the molecule is CCNC(=NCc1ccc(C(N)=O)o1)NCC1(CC)CCC1.I. The van der Waals surface area contributed by atoms with E-state index in [1.54, 1.807) is 12.1 Å². The van der Waals surface area contributed by atoms with Crippen molar-refractivity contribution in [2.75, 3.05) is 13.1 Å². The average Bonchev–Trinajstić information content (AvgIpc) is 2.93. The predicted molar refractivity (Wildman–Crippen MR) is 102 cm³/mol. The zero-order chi connectivity index (χ0) is 16.0. The van der Waals surface area contributed by atoms with Gasteiger partial charge in [-0.1, -0.05) is 13.3 Å². The Balaban J connectivity index is 0.00000264. The number of carbonyl (C=O) groups is 1. The minimum atomic E-state index is -0.560. The number of halogens is 1. The van der Waals surface area contributed by atoms with Crippen LogP contribution in [0, 0.1) is 5.41 Å². The number of primary amides is 1. The third kappa shape index (κ3) is 5.40. The molecule has 7 heteroatoms. The molecular formula is C16H27IN4O2. The van der Waals surface area contributed by atoms with E-state index in [9.17, 15) is 4.79 Å². The van der Waals surface area contributed by atoms with E-state index in [-0.39, 0.29) is 29.7 Å². The van der Waals surface area contributed by atoms with E-state index in [0.29, 0.717) is 17.7 Å². The quantitative estimate of drug-likeness (QED) is 0.350. The second kappa shape index (κ2) is 9.14. The summed E-state index contributed by atoms with van der Waals surface area (Å²) in [4.78, 5) is 15.5. The van der Waals surface area contributed by atoms with E-state index in [1.165, 1.54) is 25.7 Å². The molecule has 0 aromatic carbocycles. The van der Waals surface area contributed by atoms with Crippen LogP contribution < -0.4 is 16.4 Å². The Kier molecular flexibility index (Phi) is 7.87. The van der Waals surface area contributed by atoms with Crippen molar-refractivity contribution in [1.82, 2.24) is 10.6 Å². The molecule has 0 atom stereocenters. The molecule has 23 heavy (non-hydrogen) atoms. The molecule has 4 N–H and O–H groups in total. The predicted octanol–water partition coefficient (Wildman–Crippen LogP) is 2.63. The molecule has 130 valence electrons. The molecule has 1 heterocycles. The second-order valence-corrected chi connectivity index (χ2v) is 5.89. The summed E-state index contributed by atoms with van der Waals surface area (Å²) < 4.78 is 5.34. The summed E-state index contributed by atoms with van der Waals surface area (Å²) in [5.74, 6) is 1.01. The van der Waals surface area contributed by atoms with Gasteiger partial charge < -0.3 is 20.8 Å². The van der Waals surface area contributed by atoms with Gasteiger partial charge in [-0.15, -0.1) is 24.0 Å². The standard InChI is InChI=1S/C16H26N4O2.HI/c1-3-16(8-5-9-16)11-20-15(18-4-2)19-10-12-6-7-13(22-12)14(17)21;/h6-7H,3-5,8-11H2,1-2H3,(H2,17,21)(H2,18,19,20);1H. The highest BCUT2D eigenvalue weighted by atomic mass is 127. The molecule has 1 aliphatic carbocycles. The van der Waals surface area contributed by atoms with Crippen LogP contribution in [0.15, 0.2) is 21.5 Å². The molecule has 1 fully saturated rings. The number of aliphatic imine (C=N–C) groups is 1. The summed E-state index contributed by atoms with van der Waals surface area (Å²) in [6, 6.07) is 3.31. The van der Waals surface area contributed by atoms with Crippen LogP contribution in [0.4, 0.5) is 0 Å². The summed E-state index contributed by atoms with van der Waals surface area (Å²) >= 11 is 0. The molecule has 0 radical (unpaired) electrons. The van der Waals surface area contributed by atoms with Gasteiger partial charge in [-0.25, -0.2) is 4.99 Å². The molecular weight excluding hydrogens is 407 g/mol. The van der Waals surface area contributed by atoms with Crippen LogP contribution in [-0.4, -0.2) is 25.0 Å². The lowest BCUT2D eigenvalue weighted by molar-refractivity contribution is 0.0972. The fourth-order valence-corrected chi connectivity index (χ4v) is 2.70. The van der Waals surface area contributed by atoms with E-state index in [1.807, 2.05) is 6.92 Å². The van der Waals surface area contributed by atoms with Gasteiger partial charge in [-0.05, 0) is 43.7 Å². The van der Waals surface area contributed by atoms with Gasteiger partial charge in [0.2, 0.25) is 0 Å². The summed E-state index contributed by atoms with van der Waals surface area (Å²) in [6.07, 6.45) is 5.09. The zero-order valence-corrected chi connectivity index (χ0v) is 16.2. The topological polar surface area (TPSA) is 92.6 Å². The molecule has 1 saturated carbocycles. The Morgan fingerprint density at radius 3 is 2.57 bits per heavy atom. The fraction of sp³-hybridized carbons (Fsp3) is 0.625. The first-order valence-corrected chi connectivity index (χ1v) is 7.99. The number of carbonyl (C=O) groups excluding carboxylic acids is 1. The van der Waals surface area contributed by atoms with Crippen molar-refractivity contribution in [3.05, 3.63) is 23.7 Å². The molecule has 1 aliphatic rings. The second-order valence-electron chi connectivity index (χ2n) is 5.89. The highest BCUT2D eigenvalue weighted by Gasteiger charge is 2.34. The van der Waals surface area contributed by atoms with E-state index < -0.39 is 5.91 Å². The van der Waals surface area contributed by atoms with Gasteiger partial charge in [0.15, 0.2) is 11.7 Å². The number of nitrogens with two attached hydrogens (primary N) is 1. The molecule has 0 aliphatic heterocycles. The van der Waals surface area contributed by atoms with Crippen molar-refractivity contribution in [3.8, 4) is 0 Å². The zero-order valence-electron chi connectivity index (χ0n) is 13.9. The highest BCUT2D eigenvalue weighted by molar-refractivity contribution is 14.0. The number of amides is 1.